The minimum atomic E-state index is -0.788. The van der Waals surface area contributed by atoms with Crippen molar-refractivity contribution in [1.82, 2.24) is 0 Å². The van der Waals surface area contributed by atoms with Crippen molar-refractivity contribution in [2.75, 3.05) is 13.2 Å². The summed E-state index contributed by atoms with van der Waals surface area (Å²) in [5, 5.41) is 9.69. The third-order valence-electron chi connectivity index (χ3n) is 15.7. The van der Waals surface area contributed by atoms with E-state index in [1.165, 1.54) is 231 Å². The number of rotatable bonds is 65. The topological polar surface area (TPSA) is 72.8 Å². The van der Waals surface area contributed by atoms with Crippen molar-refractivity contribution in [1.29, 1.82) is 0 Å². The lowest BCUT2D eigenvalue weighted by Crippen LogP contribution is -2.28. The number of hydrogen-bond acceptors (Lipinski definition) is 5. The third-order valence-corrected chi connectivity index (χ3v) is 15.7. The molecule has 0 fully saturated rings. The first kappa shape index (κ1) is 77.1. The summed E-state index contributed by atoms with van der Waals surface area (Å²) in [6.07, 6.45) is 99.2. The number of unbranched alkanes of at least 4 members (excludes halogenated alkanes) is 43. The van der Waals surface area contributed by atoms with Gasteiger partial charge in [-0.1, -0.05) is 362 Å². The molecule has 5 heteroatoms. The Bertz CT molecular complexity index is 1450. The molecule has 1 N–H and O–H groups in total. The van der Waals surface area contributed by atoms with Gasteiger partial charge in [0.1, 0.15) is 6.61 Å². The summed E-state index contributed by atoms with van der Waals surface area (Å²) in [5.74, 6) is -0.603. The Morgan fingerprint density at radius 3 is 0.812 bits per heavy atom. The first-order chi connectivity index (χ1) is 39.6. The van der Waals surface area contributed by atoms with Crippen molar-refractivity contribution in [2.45, 2.75) is 367 Å². The maximum atomic E-state index is 12.3. The highest BCUT2D eigenvalue weighted by atomic mass is 16.6. The molecule has 0 aromatic rings. The van der Waals surface area contributed by atoms with Gasteiger partial charge in [0.2, 0.25) is 0 Å². The molecule has 464 valence electrons. The highest BCUT2D eigenvalue weighted by molar-refractivity contribution is 5.70. The minimum absolute atomic E-state index is 0.0750. The maximum Gasteiger partial charge on any atom is 0.306 e. The van der Waals surface area contributed by atoms with Crippen LogP contribution < -0.4 is 0 Å². The molecule has 1 unspecified atom stereocenters. The number of ether oxygens (including phenoxy) is 2. The van der Waals surface area contributed by atoms with Gasteiger partial charge in [-0.25, -0.2) is 0 Å². The van der Waals surface area contributed by atoms with E-state index in [1.54, 1.807) is 0 Å². The van der Waals surface area contributed by atoms with Crippen LogP contribution in [0.15, 0.2) is 85.1 Å². The monoisotopic (exact) mass is 1120 g/mol. The number of hydrogen-bond donors (Lipinski definition) is 1. The second kappa shape index (κ2) is 70.3. The summed E-state index contributed by atoms with van der Waals surface area (Å²) in [5.41, 5.74) is 0. The molecule has 0 spiro atoms. The van der Waals surface area contributed by atoms with Gasteiger partial charge in [0.15, 0.2) is 6.10 Å². The Morgan fingerprint density at radius 2 is 0.537 bits per heavy atom. The van der Waals surface area contributed by atoms with Crippen molar-refractivity contribution in [3.63, 3.8) is 0 Å². The van der Waals surface area contributed by atoms with Crippen molar-refractivity contribution in [3.05, 3.63) is 85.1 Å². The van der Waals surface area contributed by atoms with Crippen molar-refractivity contribution >= 4 is 11.9 Å². The second-order valence-corrected chi connectivity index (χ2v) is 23.6. The number of esters is 2. The first-order valence-corrected chi connectivity index (χ1v) is 35.1. The first-order valence-electron chi connectivity index (χ1n) is 35.1. The lowest BCUT2D eigenvalue weighted by Gasteiger charge is -2.15. The van der Waals surface area contributed by atoms with E-state index in [4.69, 9.17) is 9.47 Å². The van der Waals surface area contributed by atoms with Crippen LogP contribution in [0.5, 0.6) is 0 Å². The van der Waals surface area contributed by atoms with Crippen LogP contribution in [0.4, 0.5) is 0 Å². The summed E-state index contributed by atoms with van der Waals surface area (Å²) >= 11 is 0. The van der Waals surface area contributed by atoms with Gasteiger partial charge in [-0.15, -0.1) is 0 Å². The minimum Gasteiger partial charge on any atom is -0.462 e. The number of carbonyl (C=O) groups excluding carboxylic acids is 2. The van der Waals surface area contributed by atoms with Crippen molar-refractivity contribution in [3.8, 4) is 0 Å². The number of aliphatic hydroxyl groups excluding tert-OH is 1. The van der Waals surface area contributed by atoms with Gasteiger partial charge in [-0.2, -0.15) is 0 Å². The normalized spacial score (nSPS) is 12.7. The molecule has 0 aromatic heterocycles. The third kappa shape index (κ3) is 67.6. The number of aliphatic hydroxyl groups is 1. The summed E-state index contributed by atoms with van der Waals surface area (Å²) in [6.45, 7) is 4.05. The molecule has 0 bridgehead atoms. The molecule has 1 atom stereocenters. The molecular formula is C75H134O5. The van der Waals surface area contributed by atoms with Gasteiger partial charge < -0.3 is 14.6 Å². The smallest absolute Gasteiger partial charge is 0.306 e. The molecule has 0 aromatic carbocycles. The van der Waals surface area contributed by atoms with E-state index in [2.05, 4.69) is 98.9 Å². The van der Waals surface area contributed by atoms with Gasteiger partial charge in [-0.05, 0) is 70.6 Å². The average molecular weight is 1120 g/mol. The zero-order valence-electron chi connectivity index (χ0n) is 53.3. The molecule has 5 nitrogen and oxygen atoms in total. The van der Waals surface area contributed by atoms with Crippen molar-refractivity contribution < 1.29 is 24.2 Å². The molecule has 0 radical (unpaired) electrons. The quantitative estimate of drug-likeness (QED) is 0.0373. The van der Waals surface area contributed by atoms with E-state index < -0.39 is 6.10 Å². The van der Waals surface area contributed by atoms with Crippen LogP contribution in [0.25, 0.3) is 0 Å². The Kier molecular flexibility index (Phi) is 67.8. The maximum absolute atomic E-state index is 12.3. The van der Waals surface area contributed by atoms with Gasteiger partial charge in [0, 0.05) is 12.8 Å². The summed E-state index contributed by atoms with van der Waals surface area (Å²) in [6, 6.07) is 0. The van der Waals surface area contributed by atoms with Gasteiger partial charge in [0.05, 0.1) is 6.61 Å². The molecule has 0 rings (SSSR count). The molecule has 0 heterocycles. The van der Waals surface area contributed by atoms with Crippen LogP contribution in [0.1, 0.15) is 361 Å². The molecule has 0 aliphatic heterocycles. The molecular weight excluding hydrogens is 981 g/mol. The Labute approximate surface area is 498 Å². The van der Waals surface area contributed by atoms with Crippen LogP contribution in [-0.2, 0) is 19.1 Å². The van der Waals surface area contributed by atoms with E-state index in [-0.39, 0.29) is 25.2 Å². The molecule has 0 amide bonds. The fourth-order valence-corrected chi connectivity index (χ4v) is 10.5. The highest BCUT2D eigenvalue weighted by Gasteiger charge is 2.16. The van der Waals surface area contributed by atoms with E-state index in [9.17, 15) is 14.7 Å². The van der Waals surface area contributed by atoms with E-state index in [0.29, 0.717) is 12.8 Å². The fourth-order valence-electron chi connectivity index (χ4n) is 10.5. The summed E-state index contributed by atoms with van der Waals surface area (Å²) < 4.78 is 10.7. The van der Waals surface area contributed by atoms with E-state index in [0.717, 1.165) is 103 Å². The number of allylic oxidation sites excluding steroid dienone is 14. The summed E-state index contributed by atoms with van der Waals surface area (Å²) in [7, 11) is 0. The van der Waals surface area contributed by atoms with Crippen LogP contribution in [0, 0.1) is 0 Å². The predicted molar refractivity (Wildman–Crippen MR) is 353 cm³/mol. The van der Waals surface area contributed by atoms with Gasteiger partial charge in [0.25, 0.3) is 0 Å². The summed E-state index contributed by atoms with van der Waals surface area (Å²) in [4.78, 5) is 24.6. The lowest BCUT2D eigenvalue weighted by molar-refractivity contribution is -0.161. The molecule has 0 saturated carbocycles. The fraction of sp³-hybridized carbons (Fsp3) is 0.787. The molecule has 0 aliphatic carbocycles. The molecule has 80 heavy (non-hydrogen) atoms. The zero-order valence-corrected chi connectivity index (χ0v) is 53.3. The van der Waals surface area contributed by atoms with Crippen molar-refractivity contribution in [2.24, 2.45) is 0 Å². The van der Waals surface area contributed by atoms with E-state index >= 15 is 0 Å². The average Bonchev–Trinajstić information content (AvgIpc) is 3.46. The Hall–Kier alpha value is -2.92. The zero-order chi connectivity index (χ0) is 57.6. The largest absolute Gasteiger partial charge is 0.462 e. The lowest BCUT2D eigenvalue weighted by atomic mass is 10.0. The Morgan fingerprint density at radius 1 is 0.300 bits per heavy atom. The Balaban J connectivity index is 3.43. The van der Waals surface area contributed by atoms with Crippen LogP contribution in [0.3, 0.4) is 0 Å². The van der Waals surface area contributed by atoms with Crippen LogP contribution >= 0.6 is 0 Å². The number of carbonyl (C=O) groups is 2. The van der Waals surface area contributed by atoms with Gasteiger partial charge >= 0.3 is 11.9 Å². The standard InChI is InChI=1S/C75H134O5/c1-3-5-7-9-11-13-15-17-19-21-23-25-27-29-31-32-33-34-35-36-37-38-39-40-41-42-44-45-47-49-51-53-55-57-59-61-63-65-67-69-74(77)79-72-73(71-76)80-75(78)70-68-66-64-62-60-58-56-54-52-50-48-46-43-30-28-26-24-22-20-18-16-14-12-10-8-6-4-2/h6,8,12,14,18,20,24,26,30,43,48,50,54,56,73,76H,3-5,7,9-11,13,15-17,19,21-23,25,27-29,31-42,44-47,49,51-53,55,57-72H2,1-2H3/b8-6-,14-12-,20-18-,26-24-,43-30-,50-48-,56-54-. The van der Waals surface area contributed by atoms with Crippen LogP contribution in [-0.4, -0.2) is 36.4 Å². The molecule has 0 aliphatic rings. The second-order valence-electron chi connectivity index (χ2n) is 23.6. The molecule has 0 saturated heterocycles. The van der Waals surface area contributed by atoms with Gasteiger partial charge in [-0.3, -0.25) is 9.59 Å². The van der Waals surface area contributed by atoms with Crippen LogP contribution in [0.2, 0.25) is 0 Å². The SMILES string of the molecule is CC/C=C\C/C=C\C/C=C\C/C=C\C/C=C\C/C=C\C/C=C\CCCCCCCC(=O)OC(CO)COC(=O)CCCCCCCCCCCCCCCCCCCCCCCCCCCCCCCCCCCCCCCCC. The predicted octanol–water partition coefficient (Wildman–Crippen LogP) is 24.4. The highest BCUT2D eigenvalue weighted by Crippen LogP contribution is 2.19. The van der Waals surface area contributed by atoms with E-state index in [1.807, 2.05) is 0 Å².